The molecule has 1 heterocycles. The van der Waals surface area contributed by atoms with Crippen LogP contribution in [0.4, 0.5) is 4.39 Å². The van der Waals surface area contributed by atoms with Gasteiger partial charge in [-0.25, -0.2) is 4.39 Å². The Morgan fingerprint density at radius 2 is 2.05 bits per heavy atom. The lowest BCUT2D eigenvalue weighted by Crippen LogP contribution is -2.25. The van der Waals surface area contributed by atoms with Crippen molar-refractivity contribution in [2.75, 3.05) is 6.54 Å². The van der Waals surface area contributed by atoms with Crippen molar-refractivity contribution in [2.45, 2.75) is 40.2 Å². The highest BCUT2D eigenvalue weighted by Crippen LogP contribution is 2.31. The van der Waals surface area contributed by atoms with E-state index in [-0.39, 0.29) is 11.9 Å². The Kier molecular flexibility index (Phi) is 4.25. The van der Waals surface area contributed by atoms with Crippen molar-refractivity contribution in [1.29, 1.82) is 0 Å². The van der Waals surface area contributed by atoms with Crippen molar-refractivity contribution in [3.63, 3.8) is 0 Å². The first-order chi connectivity index (χ1) is 9.04. The van der Waals surface area contributed by atoms with E-state index in [1.165, 1.54) is 6.07 Å². The van der Waals surface area contributed by atoms with E-state index < -0.39 is 0 Å². The third-order valence-electron chi connectivity index (χ3n) is 3.46. The minimum atomic E-state index is -0.287. The van der Waals surface area contributed by atoms with E-state index >= 15 is 0 Å². The maximum Gasteiger partial charge on any atom is 0.170 e. The molecule has 0 aliphatic rings. The van der Waals surface area contributed by atoms with E-state index in [9.17, 15) is 4.39 Å². The average Bonchev–Trinajstić information content (AvgIpc) is 2.80. The summed E-state index contributed by atoms with van der Waals surface area (Å²) in [6.45, 7) is 9.33. The third kappa shape index (κ3) is 2.81. The van der Waals surface area contributed by atoms with Crippen LogP contribution in [0.15, 0.2) is 22.6 Å². The van der Waals surface area contributed by atoms with Gasteiger partial charge < -0.3 is 9.73 Å². The van der Waals surface area contributed by atoms with Gasteiger partial charge in [0, 0.05) is 5.39 Å². The molecule has 0 fully saturated rings. The van der Waals surface area contributed by atoms with Crippen LogP contribution in [0.3, 0.4) is 0 Å². The van der Waals surface area contributed by atoms with E-state index in [1.807, 2.05) is 13.0 Å². The topological polar surface area (TPSA) is 25.2 Å². The number of rotatable bonds is 5. The summed E-state index contributed by atoms with van der Waals surface area (Å²) in [6, 6.07) is 5.36. The third-order valence-corrected chi connectivity index (χ3v) is 3.46. The lowest BCUT2D eigenvalue weighted by Gasteiger charge is -2.19. The molecule has 0 spiro atoms. The molecular formula is C16H22FNO. The monoisotopic (exact) mass is 263 g/mol. The molecule has 2 rings (SSSR count). The van der Waals surface area contributed by atoms with Gasteiger partial charge in [0.25, 0.3) is 0 Å². The number of hydrogen-bond acceptors (Lipinski definition) is 2. The number of furan rings is 1. The van der Waals surface area contributed by atoms with Crippen molar-refractivity contribution in [3.05, 3.63) is 35.3 Å². The number of nitrogens with one attached hydrogen (secondary N) is 1. The second-order valence-corrected chi connectivity index (χ2v) is 5.43. The second kappa shape index (κ2) is 5.74. The SMILES string of the molecule is CCCNC(c1cc2c(C)ccc(F)c2o1)C(C)C. The summed E-state index contributed by atoms with van der Waals surface area (Å²) in [5, 5.41) is 4.34. The zero-order chi connectivity index (χ0) is 14.0. The molecule has 0 aliphatic heterocycles. The van der Waals surface area contributed by atoms with Crippen molar-refractivity contribution in [1.82, 2.24) is 5.32 Å². The van der Waals surface area contributed by atoms with E-state index in [2.05, 4.69) is 26.1 Å². The number of benzene rings is 1. The lowest BCUT2D eigenvalue weighted by molar-refractivity contribution is 0.349. The van der Waals surface area contributed by atoms with Crippen LogP contribution in [0.5, 0.6) is 0 Å². The van der Waals surface area contributed by atoms with Gasteiger partial charge in [-0.15, -0.1) is 0 Å². The van der Waals surface area contributed by atoms with Gasteiger partial charge in [0.15, 0.2) is 11.4 Å². The molecule has 2 aromatic rings. The average molecular weight is 263 g/mol. The van der Waals surface area contributed by atoms with Gasteiger partial charge in [-0.05, 0) is 43.5 Å². The first-order valence-corrected chi connectivity index (χ1v) is 6.96. The lowest BCUT2D eigenvalue weighted by atomic mass is 10.0. The van der Waals surface area contributed by atoms with Crippen LogP contribution in [-0.4, -0.2) is 6.54 Å². The summed E-state index contributed by atoms with van der Waals surface area (Å²) in [4.78, 5) is 0. The first-order valence-electron chi connectivity index (χ1n) is 6.96. The highest BCUT2D eigenvalue weighted by Gasteiger charge is 2.20. The fourth-order valence-electron chi connectivity index (χ4n) is 2.36. The van der Waals surface area contributed by atoms with E-state index in [1.54, 1.807) is 6.07 Å². The van der Waals surface area contributed by atoms with Crippen molar-refractivity contribution >= 4 is 11.0 Å². The maximum absolute atomic E-state index is 13.8. The number of fused-ring (bicyclic) bond motifs is 1. The fourth-order valence-corrected chi connectivity index (χ4v) is 2.36. The van der Waals surface area contributed by atoms with Crippen LogP contribution >= 0.6 is 0 Å². The summed E-state index contributed by atoms with van der Waals surface area (Å²) < 4.78 is 19.5. The Morgan fingerprint density at radius 1 is 1.32 bits per heavy atom. The minimum Gasteiger partial charge on any atom is -0.456 e. The van der Waals surface area contributed by atoms with Gasteiger partial charge in [0.1, 0.15) is 5.76 Å². The van der Waals surface area contributed by atoms with Crippen LogP contribution in [-0.2, 0) is 0 Å². The Hall–Kier alpha value is -1.35. The molecule has 1 N–H and O–H groups in total. The summed E-state index contributed by atoms with van der Waals surface area (Å²) in [5.41, 5.74) is 1.42. The van der Waals surface area contributed by atoms with E-state index in [0.29, 0.717) is 11.5 Å². The molecule has 0 amide bonds. The second-order valence-electron chi connectivity index (χ2n) is 5.43. The maximum atomic E-state index is 13.8. The van der Waals surface area contributed by atoms with E-state index in [4.69, 9.17) is 4.42 Å². The zero-order valence-electron chi connectivity index (χ0n) is 12.1. The van der Waals surface area contributed by atoms with Crippen LogP contribution in [0.25, 0.3) is 11.0 Å². The van der Waals surface area contributed by atoms with E-state index in [0.717, 1.165) is 29.7 Å². The van der Waals surface area contributed by atoms with Gasteiger partial charge in [-0.2, -0.15) is 0 Å². The molecule has 104 valence electrons. The Morgan fingerprint density at radius 3 is 2.63 bits per heavy atom. The smallest absolute Gasteiger partial charge is 0.170 e. The van der Waals surface area contributed by atoms with Crippen molar-refractivity contribution in [2.24, 2.45) is 5.92 Å². The van der Waals surface area contributed by atoms with Crippen LogP contribution in [0.1, 0.15) is 44.6 Å². The Balaban J connectivity index is 2.43. The predicted molar refractivity (Wildman–Crippen MR) is 76.8 cm³/mol. The Labute approximate surface area is 114 Å². The highest BCUT2D eigenvalue weighted by molar-refractivity contribution is 5.82. The molecule has 1 unspecified atom stereocenters. The molecule has 2 nitrogen and oxygen atoms in total. The van der Waals surface area contributed by atoms with Gasteiger partial charge >= 0.3 is 0 Å². The largest absolute Gasteiger partial charge is 0.456 e. The van der Waals surface area contributed by atoms with Crippen molar-refractivity contribution < 1.29 is 8.81 Å². The van der Waals surface area contributed by atoms with Gasteiger partial charge in [-0.1, -0.05) is 26.8 Å². The molecule has 0 saturated carbocycles. The minimum absolute atomic E-state index is 0.131. The van der Waals surface area contributed by atoms with Gasteiger partial charge in [-0.3, -0.25) is 0 Å². The standard InChI is InChI=1S/C16H22FNO/c1-5-8-18-15(10(2)3)14-9-12-11(4)6-7-13(17)16(12)19-14/h6-7,9-10,15,18H,5,8H2,1-4H3. The highest BCUT2D eigenvalue weighted by atomic mass is 19.1. The summed E-state index contributed by atoms with van der Waals surface area (Å²) in [5.74, 6) is 0.937. The van der Waals surface area contributed by atoms with Crippen LogP contribution in [0, 0.1) is 18.7 Å². The number of aryl methyl sites for hydroxylation is 1. The zero-order valence-corrected chi connectivity index (χ0v) is 12.1. The molecule has 0 bridgehead atoms. The molecule has 0 saturated heterocycles. The molecule has 0 radical (unpaired) electrons. The molecule has 1 aromatic carbocycles. The van der Waals surface area contributed by atoms with Crippen LogP contribution in [0.2, 0.25) is 0 Å². The number of hydrogen-bond donors (Lipinski definition) is 1. The summed E-state index contributed by atoms with van der Waals surface area (Å²) in [6.07, 6.45) is 1.07. The Bertz CT molecular complexity index is 520. The fraction of sp³-hybridized carbons (Fsp3) is 0.500. The molecule has 3 heteroatoms. The molecular weight excluding hydrogens is 241 g/mol. The molecule has 1 aromatic heterocycles. The van der Waals surface area contributed by atoms with Gasteiger partial charge in [0.2, 0.25) is 0 Å². The quantitative estimate of drug-likeness (QED) is 0.854. The summed E-state index contributed by atoms with van der Waals surface area (Å²) >= 11 is 0. The van der Waals surface area contributed by atoms with Gasteiger partial charge in [0.05, 0.1) is 6.04 Å². The van der Waals surface area contributed by atoms with Crippen molar-refractivity contribution in [3.8, 4) is 0 Å². The molecule has 0 aliphatic carbocycles. The predicted octanol–water partition coefficient (Wildman–Crippen LogP) is 4.58. The summed E-state index contributed by atoms with van der Waals surface area (Å²) in [7, 11) is 0. The van der Waals surface area contributed by atoms with Crippen LogP contribution < -0.4 is 5.32 Å². The first kappa shape index (κ1) is 14.1. The molecule has 1 atom stereocenters. The normalized spacial score (nSPS) is 13.4. The number of halogens is 1. The molecule has 19 heavy (non-hydrogen) atoms.